The van der Waals surface area contributed by atoms with E-state index in [1.807, 2.05) is 13.0 Å². The number of nitrogens with one attached hydrogen (secondary N) is 1. The highest BCUT2D eigenvalue weighted by Crippen LogP contribution is 2.41. The van der Waals surface area contributed by atoms with Crippen LogP contribution in [0.2, 0.25) is 0 Å². The summed E-state index contributed by atoms with van der Waals surface area (Å²) in [4.78, 5) is 11.7. The molecular formula is C24H33F2NO4. The standard InChI is InChI=1S/C24H33F2NO4/c1-18(2)16-27-23(28)14-19(3)10-8-6-4-5-7-9-13-29-17-20-11-12-21-22(15-20)31-24(25,26)30-21/h8,10-12,14-15,18H,4-7,9,13,16-17H2,1-3H3,(H,27,28). The Balaban J connectivity index is 1.50. The van der Waals surface area contributed by atoms with Crippen molar-refractivity contribution in [2.24, 2.45) is 5.92 Å². The number of unbranched alkanes of at least 4 members (excludes halogenated alkanes) is 4. The van der Waals surface area contributed by atoms with E-state index in [4.69, 9.17) is 4.74 Å². The van der Waals surface area contributed by atoms with Crippen molar-refractivity contribution in [1.82, 2.24) is 5.32 Å². The van der Waals surface area contributed by atoms with Crippen molar-refractivity contribution in [1.29, 1.82) is 0 Å². The molecule has 1 aliphatic rings. The topological polar surface area (TPSA) is 56.8 Å². The molecule has 1 N–H and O–H groups in total. The lowest BCUT2D eigenvalue weighted by atomic mass is 10.1. The van der Waals surface area contributed by atoms with Gasteiger partial charge in [0.05, 0.1) is 6.61 Å². The molecular weight excluding hydrogens is 404 g/mol. The summed E-state index contributed by atoms with van der Waals surface area (Å²) in [5.41, 5.74) is 1.72. The molecule has 172 valence electrons. The van der Waals surface area contributed by atoms with Crippen LogP contribution in [0.25, 0.3) is 0 Å². The SMILES string of the molecule is CC(C=CCCCCCCOCc1ccc2c(c1)OC(F)(F)O2)=CC(=O)NCC(C)C. The van der Waals surface area contributed by atoms with Gasteiger partial charge in [-0.15, -0.1) is 8.78 Å². The fourth-order valence-corrected chi connectivity index (χ4v) is 2.97. The van der Waals surface area contributed by atoms with E-state index in [-0.39, 0.29) is 17.4 Å². The number of hydrogen-bond donors (Lipinski definition) is 1. The summed E-state index contributed by atoms with van der Waals surface area (Å²) in [5, 5.41) is 2.87. The Bertz CT molecular complexity index is 775. The van der Waals surface area contributed by atoms with Crippen LogP contribution in [-0.4, -0.2) is 25.4 Å². The fourth-order valence-electron chi connectivity index (χ4n) is 2.97. The molecule has 0 bridgehead atoms. The van der Waals surface area contributed by atoms with Crippen molar-refractivity contribution in [2.45, 2.75) is 65.8 Å². The number of ether oxygens (including phenoxy) is 3. The summed E-state index contributed by atoms with van der Waals surface area (Å²) in [6.45, 7) is 7.71. The van der Waals surface area contributed by atoms with E-state index >= 15 is 0 Å². The monoisotopic (exact) mass is 437 g/mol. The molecule has 2 rings (SSSR count). The summed E-state index contributed by atoms with van der Waals surface area (Å²) in [6.07, 6.45) is 7.29. The van der Waals surface area contributed by atoms with Crippen LogP contribution in [0.15, 0.2) is 42.0 Å². The number of hydrogen-bond acceptors (Lipinski definition) is 4. The van der Waals surface area contributed by atoms with Gasteiger partial charge in [0.15, 0.2) is 11.5 Å². The number of amides is 1. The highest BCUT2D eigenvalue weighted by molar-refractivity contribution is 5.88. The van der Waals surface area contributed by atoms with E-state index in [0.29, 0.717) is 25.7 Å². The van der Waals surface area contributed by atoms with Crippen LogP contribution < -0.4 is 14.8 Å². The van der Waals surface area contributed by atoms with Crippen molar-refractivity contribution in [3.8, 4) is 11.5 Å². The van der Waals surface area contributed by atoms with E-state index in [0.717, 1.165) is 43.2 Å². The van der Waals surface area contributed by atoms with Gasteiger partial charge in [0.1, 0.15) is 0 Å². The van der Waals surface area contributed by atoms with Gasteiger partial charge in [0.2, 0.25) is 5.91 Å². The number of carbonyl (C=O) groups excluding carboxylic acids is 1. The molecule has 1 aliphatic heterocycles. The van der Waals surface area contributed by atoms with Crippen LogP contribution in [0, 0.1) is 5.92 Å². The second kappa shape index (κ2) is 12.4. The van der Waals surface area contributed by atoms with Gasteiger partial charge in [-0.3, -0.25) is 4.79 Å². The maximum absolute atomic E-state index is 13.0. The molecule has 7 heteroatoms. The molecule has 0 aromatic heterocycles. The van der Waals surface area contributed by atoms with Gasteiger partial charge in [-0.05, 0) is 55.4 Å². The van der Waals surface area contributed by atoms with Crippen molar-refractivity contribution >= 4 is 5.91 Å². The van der Waals surface area contributed by atoms with Gasteiger partial charge in [-0.1, -0.05) is 44.9 Å². The lowest BCUT2D eigenvalue weighted by Gasteiger charge is -2.05. The van der Waals surface area contributed by atoms with Crippen LogP contribution in [0.5, 0.6) is 11.5 Å². The molecule has 5 nitrogen and oxygen atoms in total. The van der Waals surface area contributed by atoms with Crippen molar-refractivity contribution < 1.29 is 27.8 Å². The number of carbonyl (C=O) groups is 1. The molecule has 0 saturated carbocycles. The average molecular weight is 438 g/mol. The predicted molar refractivity (Wildman–Crippen MR) is 116 cm³/mol. The third kappa shape index (κ3) is 9.96. The normalized spacial score (nSPS) is 15.1. The summed E-state index contributed by atoms with van der Waals surface area (Å²) >= 11 is 0. The van der Waals surface area contributed by atoms with Gasteiger partial charge in [-0.2, -0.15) is 0 Å². The maximum Gasteiger partial charge on any atom is 0.586 e. The Kier molecular flexibility index (Phi) is 9.98. The van der Waals surface area contributed by atoms with Gasteiger partial charge in [0.25, 0.3) is 0 Å². The van der Waals surface area contributed by atoms with E-state index in [9.17, 15) is 13.6 Å². The van der Waals surface area contributed by atoms with Gasteiger partial charge in [0, 0.05) is 19.2 Å². The number of benzene rings is 1. The quantitative estimate of drug-likeness (QED) is 0.243. The Morgan fingerprint density at radius 3 is 2.68 bits per heavy atom. The van der Waals surface area contributed by atoms with Crippen LogP contribution in [-0.2, 0) is 16.1 Å². The zero-order valence-electron chi connectivity index (χ0n) is 18.6. The van der Waals surface area contributed by atoms with Crippen LogP contribution in [0.4, 0.5) is 8.78 Å². The Morgan fingerprint density at radius 2 is 1.90 bits per heavy atom. The first-order chi connectivity index (χ1) is 14.7. The molecule has 1 heterocycles. The molecule has 1 amide bonds. The Labute approximate surface area is 183 Å². The van der Waals surface area contributed by atoms with Crippen molar-refractivity contribution in [3.63, 3.8) is 0 Å². The highest BCUT2D eigenvalue weighted by Gasteiger charge is 2.43. The number of alkyl halides is 2. The summed E-state index contributed by atoms with van der Waals surface area (Å²) in [5.74, 6) is 0.482. The molecule has 0 saturated heterocycles. The molecule has 0 unspecified atom stereocenters. The second-order valence-electron chi connectivity index (χ2n) is 8.13. The minimum absolute atomic E-state index is 0.0421. The smallest absolute Gasteiger partial charge is 0.395 e. The summed E-state index contributed by atoms with van der Waals surface area (Å²) < 4.78 is 40.5. The molecule has 0 radical (unpaired) electrons. The minimum Gasteiger partial charge on any atom is -0.395 e. The molecule has 1 aromatic rings. The fraction of sp³-hybridized carbons (Fsp3) is 0.542. The molecule has 0 fully saturated rings. The maximum atomic E-state index is 13.0. The number of allylic oxidation sites excluding steroid dienone is 3. The number of fused-ring (bicyclic) bond motifs is 1. The van der Waals surface area contributed by atoms with E-state index in [1.165, 1.54) is 12.1 Å². The lowest BCUT2D eigenvalue weighted by molar-refractivity contribution is -0.286. The first kappa shape index (κ1) is 24.9. The van der Waals surface area contributed by atoms with Crippen LogP contribution >= 0.6 is 0 Å². The van der Waals surface area contributed by atoms with Crippen LogP contribution in [0.1, 0.15) is 58.4 Å². The number of halogens is 2. The van der Waals surface area contributed by atoms with Crippen molar-refractivity contribution in [3.05, 3.63) is 47.6 Å². The highest BCUT2D eigenvalue weighted by atomic mass is 19.3. The van der Waals surface area contributed by atoms with Crippen LogP contribution in [0.3, 0.4) is 0 Å². The van der Waals surface area contributed by atoms with E-state index in [1.54, 1.807) is 12.1 Å². The van der Waals surface area contributed by atoms with Gasteiger partial charge >= 0.3 is 6.29 Å². The molecule has 1 aromatic carbocycles. The third-order valence-electron chi connectivity index (χ3n) is 4.57. The van der Waals surface area contributed by atoms with Crippen molar-refractivity contribution in [2.75, 3.05) is 13.2 Å². The first-order valence-electron chi connectivity index (χ1n) is 10.8. The summed E-state index contributed by atoms with van der Waals surface area (Å²) in [6, 6.07) is 4.69. The molecule has 0 spiro atoms. The van der Waals surface area contributed by atoms with E-state index < -0.39 is 6.29 Å². The number of rotatable bonds is 13. The lowest BCUT2D eigenvalue weighted by Crippen LogP contribution is -2.25. The predicted octanol–water partition coefficient (Wildman–Crippen LogP) is 5.75. The van der Waals surface area contributed by atoms with Gasteiger partial charge < -0.3 is 19.5 Å². The molecule has 0 aliphatic carbocycles. The first-order valence-corrected chi connectivity index (χ1v) is 10.8. The molecule has 31 heavy (non-hydrogen) atoms. The third-order valence-corrected chi connectivity index (χ3v) is 4.57. The minimum atomic E-state index is -3.59. The second-order valence-corrected chi connectivity index (χ2v) is 8.13. The Hall–Kier alpha value is -2.41. The summed E-state index contributed by atoms with van der Waals surface area (Å²) in [7, 11) is 0. The zero-order chi connectivity index (χ0) is 22.7. The Morgan fingerprint density at radius 1 is 1.16 bits per heavy atom. The van der Waals surface area contributed by atoms with E-state index in [2.05, 4.69) is 34.7 Å². The van der Waals surface area contributed by atoms with Gasteiger partial charge in [-0.25, -0.2) is 0 Å². The average Bonchev–Trinajstić information content (AvgIpc) is 3.00. The molecule has 0 atom stereocenters. The zero-order valence-corrected chi connectivity index (χ0v) is 18.6. The largest absolute Gasteiger partial charge is 0.586 e.